The van der Waals surface area contributed by atoms with Crippen molar-refractivity contribution < 1.29 is 41.8 Å². The van der Waals surface area contributed by atoms with Gasteiger partial charge in [0.15, 0.2) is 6.61 Å². The zero-order valence-electron chi connectivity index (χ0n) is 21.8. The highest BCUT2D eigenvalue weighted by molar-refractivity contribution is 6.01. The Morgan fingerprint density at radius 1 is 1.10 bits per heavy atom. The number of carbonyl (C=O) groups is 4. The van der Waals surface area contributed by atoms with Crippen molar-refractivity contribution >= 4 is 23.7 Å². The van der Waals surface area contributed by atoms with Gasteiger partial charge in [-0.15, -0.1) is 0 Å². The van der Waals surface area contributed by atoms with Crippen LogP contribution in [-0.2, 0) is 38.4 Å². The van der Waals surface area contributed by atoms with Crippen molar-refractivity contribution in [1.29, 1.82) is 0 Å². The largest absolute Gasteiger partial charge is 0.484 e. The number of nitrogens with two attached hydrogens (primary N) is 1. The standard InChI is InChI=1S/C27H30F3N3O6/c1-26(2,3)39-23(35)11-10-21(24(31)36)33-14-17-12-18(8-9-19(17)25(33)37)38-15-22(34)32-13-16-6-4-5-7-20(16)27(28,29)30/h4-9,12,21H,10-11,13-15H2,1-3H3,(H2,31,36)(H,32,34)/t21-/m0/s1. The molecule has 210 valence electrons. The molecule has 1 aliphatic heterocycles. The predicted molar refractivity (Wildman–Crippen MR) is 133 cm³/mol. The van der Waals surface area contributed by atoms with Crippen molar-refractivity contribution in [3.05, 3.63) is 64.7 Å². The van der Waals surface area contributed by atoms with Crippen molar-refractivity contribution in [2.45, 2.75) is 64.5 Å². The fourth-order valence-electron chi connectivity index (χ4n) is 4.10. The van der Waals surface area contributed by atoms with Crippen LogP contribution in [0.3, 0.4) is 0 Å². The number of primary amides is 1. The summed E-state index contributed by atoms with van der Waals surface area (Å²) in [7, 11) is 0. The first kappa shape index (κ1) is 29.5. The maximum absolute atomic E-state index is 13.1. The molecule has 3 N–H and O–H groups in total. The minimum Gasteiger partial charge on any atom is -0.484 e. The average Bonchev–Trinajstić information content (AvgIpc) is 3.15. The summed E-state index contributed by atoms with van der Waals surface area (Å²) < 4.78 is 50.1. The fraction of sp³-hybridized carbons (Fsp3) is 0.407. The molecule has 0 saturated heterocycles. The lowest BCUT2D eigenvalue weighted by atomic mass is 10.1. The van der Waals surface area contributed by atoms with E-state index in [9.17, 15) is 32.3 Å². The number of fused-ring (bicyclic) bond motifs is 1. The van der Waals surface area contributed by atoms with Crippen LogP contribution in [0.5, 0.6) is 5.75 Å². The van der Waals surface area contributed by atoms with Gasteiger partial charge in [-0.25, -0.2) is 0 Å². The number of nitrogens with zero attached hydrogens (tertiary/aromatic N) is 1. The van der Waals surface area contributed by atoms with Gasteiger partial charge in [-0.05, 0) is 62.6 Å². The summed E-state index contributed by atoms with van der Waals surface area (Å²) in [6.07, 6.45) is -4.66. The first-order valence-electron chi connectivity index (χ1n) is 12.2. The third kappa shape index (κ3) is 7.95. The number of benzene rings is 2. The molecule has 0 radical (unpaired) electrons. The molecule has 0 aliphatic carbocycles. The zero-order chi connectivity index (χ0) is 29.0. The number of esters is 1. The highest BCUT2D eigenvalue weighted by Gasteiger charge is 2.36. The molecule has 3 amide bonds. The number of amides is 3. The third-order valence-electron chi connectivity index (χ3n) is 5.82. The summed E-state index contributed by atoms with van der Waals surface area (Å²) in [5, 5.41) is 2.40. The van der Waals surface area contributed by atoms with Gasteiger partial charge in [0, 0.05) is 25.1 Å². The van der Waals surface area contributed by atoms with E-state index in [1.165, 1.54) is 41.3 Å². The van der Waals surface area contributed by atoms with Crippen LogP contribution in [0, 0.1) is 0 Å². The third-order valence-corrected chi connectivity index (χ3v) is 5.82. The Bertz CT molecular complexity index is 1260. The summed E-state index contributed by atoms with van der Waals surface area (Å²) in [6.45, 7) is 4.38. The van der Waals surface area contributed by atoms with Crippen LogP contribution in [0.25, 0.3) is 0 Å². The normalized spacial score (nSPS) is 14.0. The molecular weight excluding hydrogens is 519 g/mol. The molecule has 0 bridgehead atoms. The lowest BCUT2D eigenvalue weighted by Crippen LogP contribution is -2.45. The van der Waals surface area contributed by atoms with E-state index in [0.717, 1.165) is 6.07 Å². The van der Waals surface area contributed by atoms with E-state index in [0.29, 0.717) is 11.1 Å². The van der Waals surface area contributed by atoms with Crippen molar-refractivity contribution in [2.75, 3.05) is 6.61 Å². The summed E-state index contributed by atoms with van der Waals surface area (Å²) in [6, 6.07) is 8.38. The molecule has 0 spiro atoms. The molecule has 9 nitrogen and oxygen atoms in total. The number of nitrogens with one attached hydrogen (secondary N) is 1. The molecule has 12 heteroatoms. The minimum atomic E-state index is -4.54. The van der Waals surface area contributed by atoms with Gasteiger partial charge in [0.2, 0.25) is 5.91 Å². The second-order valence-corrected chi connectivity index (χ2v) is 10.0. The van der Waals surface area contributed by atoms with Gasteiger partial charge >= 0.3 is 12.1 Å². The van der Waals surface area contributed by atoms with E-state index >= 15 is 0 Å². The summed E-state index contributed by atoms with van der Waals surface area (Å²) in [4.78, 5) is 50.6. The molecule has 1 aliphatic rings. The molecule has 39 heavy (non-hydrogen) atoms. The second kappa shape index (κ2) is 11.7. The van der Waals surface area contributed by atoms with E-state index in [-0.39, 0.29) is 37.2 Å². The Morgan fingerprint density at radius 3 is 2.44 bits per heavy atom. The Labute approximate surface area is 223 Å². The van der Waals surface area contributed by atoms with Crippen molar-refractivity contribution in [1.82, 2.24) is 10.2 Å². The Balaban J connectivity index is 1.58. The van der Waals surface area contributed by atoms with E-state index in [1.807, 2.05) is 0 Å². The number of alkyl halides is 3. The average molecular weight is 550 g/mol. The number of hydrogen-bond acceptors (Lipinski definition) is 6. The van der Waals surface area contributed by atoms with Gasteiger partial charge in [-0.1, -0.05) is 18.2 Å². The van der Waals surface area contributed by atoms with Crippen LogP contribution in [0.15, 0.2) is 42.5 Å². The molecule has 0 unspecified atom stereocenters. The van der Waals surface area contributed by atoms with Crippen LogP contribution in [0.2, 0.25) is 0 Å². The van der Waals surface area contributed by atoms with Crippen LogP contribution in [0.1, 0.15) is 60.7 Å². The number of carbonyl (C=O) groups excluding carboxylic acids is 4. The SMILES string of the molecule is CC(C)(C)OC(=O)CC[C@@H](C(N)=O)N1Cc2cc(OCC(=O)NCc3ccccc3C(F)(F)F)ccc2C1=O. The van der Waals surface area contributed by atoms with Crippen molar-refractivity contribution in [2.24, 2.45) is 5.73 Å². The molecule has 1 atom stereocenters. The predicted octanol–water partition coefficient (Wildman–Crippen LogP) is 3.33. The fourth-order valence-corrected chi connectivity index (χ4v) is 4.10. The Morgan fingerprint density at radius 2 is 1.79 bits per heavy atom. The number of halogens is 3. The Hall–Kier alpha value is -4.09. The smallest absolute Gasteiger partial charge is 0.416 e. The Kier molecular flexibility index (Phi) is 8.88. The van der Waals surface area contributed by atoms with Gasteiger partial charge < -0.3 is 25.4 Å². The monoisotopic (exact) mass is 549 g/mol. The van der Waals surface area contributed by atoms with E-state index in [1.54, 1.807) is 20.8 Å². The maximum atomic E-state index is 13.1. The molecule has 0 aromatic heterocycles. The zero-order valence-corrected chi connectivity index (χ0v) is 21.8. The number of ether oxygens (including phenoxy) is 2. The van der Waals surface area contributed by atoms with E-state index < -0.39 is 53.7 Å². The van der Waals surface area contributed by atoms with Gasteiger partial charge in [0.1, 0.15) is 17.4 Å². The topological polar surface area (TPSA) is 128 Å². The van der Waals surface area contributed by atoms with Crippen LogP contribution < -0.4 is 15.8 Å². The molecule has 2 aromatic rings. The van der Waals surface area contributed by atoms with Gasteiger partial charge in [0.25, 0.3) is 11.8 Å². The summed E-state index contributed by atoms with van der Waals surface area (Å²) >= 11 is 0. The summed E-state index contributed by atoms with van der Waals surface area (Å²) in [5.41, 5.74) is 4.76. The highest BCUT2D eigenvalue weighted by Crippen LogP contribution is 2.32. The van der Waals surface area contributed by atoms with E-state index in [4.69, 9.17) is 15.2 Å². The number of hydrogen-bond donors (Lipinski definition) is 2. The molecule has 0 saturated carbocycles. The lowest BCUT2D eigenvalue weighted by molar-refractivity contribution is -0.155. The van der Waals surface area contributed by atoms with Gasteiger partial charge in [0.05, 0.1) is 5.56 Å². The molecule has 3 rings (SSSR count). The van der Waals surface area contributed by atoms with Crippen molar-refractivity contribution in [3.8, 4) is 5.75 Å². The summed E-state index contributed by atoms with van der Waals surface area (Å²) in [5.74, 6) is -2.11. The number of rotatable bonds is 10. The van der Waals surface area contributed by atoms with Crippen LogP contribution >= 0.6 is 0 Å². The molecular formula is C27H30F3N3O6. The maximum Gasteiger partial charge on any atom is 0.416 e. The highest BCUT2D eigenvalue weighted by atomic mass is 19.4. The van der Waals surface area contributed by atoms with Gasteiger partial charge in [-0.3, -0.25) is 19.2 Å². The molecule has 2 aromatic carbocycles. The molecule has 0 fully saturated rings. The first-order chi connectivity index (χ1) is 18.2. The van der Waals surface area contributed by atoms with E-state index in [2.05, 4.69) is 5.32 Å². The van der Waals surface area contributed by atoms with Crippen LogP contribution in [-0.4, -0.2) is 46.8 Å². The van der Waals surface area contributed by atoms with Crippen LogP contribution in [0.4, 0.5) is 13.2 Å². The van der Waals surface area contributed by atoms with Crippen molar-refractivity contribution in [3.63, 3.8) is 0 Å². The molecule has 1 heterocycles. The first-order valence-corrected chi connectivity index (χ1v) is 12.2. The minimum absolute atomic E-state index is 0.00896. The second-order valence-electron chi connectivity index (χ2n) is 10.0. The van der Waals surface area contributed by atoms with Gasteiger partial charge in [-0.2, -0.15) is 13.2 Å². The quantitative estimate of drug-likeness (QED) is 0.438. The lowest BCUT2D eigenvalue weighted by Gasteiger charge is -2.25.